The highest BCUT2D eigenvalue weighted by Crippen LogP contribution is 2.59. The molecule has 1 N–H and O–H groups in total. The average Bonchev–Trinajstić information content (AvgIpc) is 2.44. The quantitative estimate of drug-likeness (QED) is 0.756. The first-order valence-electron chi connectivity index (χ1n) is 7.50. The molecule has 1 heterocycles. The standard InChI is InChI=1S/C15H25N2O5P/c1-6-20-23(19,21-7-2)13(12-9-8-10-16-11-12)17-14(18)22-15(3,4)5/h8-11,13H,6-7H2,1-5H3,(H,17,18)/t13-/m0/s1. The summed E-state index contributed by atoms with van der Waals surface area (Å²) in [5, 5.41) is 2.59. The number of hydrogen-bond acceptors (Lipinski definition) is 6. The van der Waals surface area contributed by atoms with Gasteiger partial charge < -0.3 is 19.1 Å². The van der Waals surface area contributed by atoms with Crippen LogP contribution in [0.25, 0.3) is 0 Å². The Balaban J connectivity index is 3.12. The fraction of sp³-hybridized carbons (Fsp3) is 0.600. The Kier molecular flexibility index (Phi) is 7.19. The summed E-state index contributed by atoms with van der Waals surface area (Å²) in [6.07, 6.45) is 2.39. The van der Waals surface area contributed by atoms with Crippen molar-refractivity contribution in [3.8, 4) is 0 Å². The molecule has 0 spiro atoms. The van der Waals surface area contributed by atoms with Crippen molar-refractivity contribution < 1.29 is 23.1 Å². The van der Waals surface area contributed by atoms with E-state index in [0.29, 0.717) is 5.56 Å². The van der Waals surface area contributed by atoms with E-state index in [1.807, 2.05) is 0 Å². The van der Waals surface area contributed by atoms with Gasteiger partial charge in [0.15, 0.2) is 5.78 Å². The van der Waals surface area contributed by atoms with Crippen molar-refractivity contribution >= 4 is 13.7 Å². The van der Waals surface area contributed by atoms with Crippen molar-refractivity contribution in [2.45, 2.75) is 46.0 Å². The van der Waals surface area contributed by atoms with Crippen LogP contribution in [0, 0.1) is 0 Å². The van der Waals surface area contributed by atoms with Crippen molar-refractivity contribution in [3.05, 3.63) is 30.1 Å². The molecular weight excluding hydrogens is 319 g/mol. The molecular formula is C15H25N2O5P. The second-order valence-corrected chi connectivity index (χ2v) is 7.82. The molecule has 7 nitrogen and oxygen atoms in total. The van der Waals surface area contributed by atoms with Crippen LogP contribution in [-0.4, -0.2) is 29.9 Å². The second kappa shape index (κ2) is 8.43. The van der Waals surface area contributed by atoms with Crippen LogP contribution in [-0.2, 0) is 18.3 Å². The molecule has 0 saturated heterocycles. The normalized spacial score (nSPS) is 13.4. The van der Waals surface area contributed by atoms with Crippen molar-refractivity contribution in [3.63, 3.8) is 0 Å². The minimum atomic E-state index is -3.62. The van der Waals surface area contributed by atoms with Gasteiger partial charge in [0.25, 0.3) is 0 Å². The molecule has 23 heavy (non-hydrogen) atoms. The zero-order valence-corrected chi connectivity index (χ0v) is 15.1. The maximum Gasteiger partial charge on any atom is 0.408 e. The maximum atomic E-state index is 13.1. The Labute approximate surface area is 137 Å². The predicted molar refractivity (Wildman–Crippen MR) is 87.2 cm³/mol. The number of rotatable bonds is 7. The number of carbonyl (C=O) groups excluding carboxylic acids is 1. The fourth-order valence-corrected chi connectivity index (χ4v) is 3.72. The van der Waals surface area contributed by atoms with E-state index < -0.39 is 25.1 Å². The van der Waals surface area contributed by atoms with Gasteiger partial charge in [0.1, 0.15) is 5.60 Å². The fourth-order valence-electron chi connectivity index (χ4n) is 1.85. The number of aromatic nitrogens is 1. The highest BCUT2D eigenvalue weighted by molar-refractivity contribution is 7.54. The second-order valence-electron chi connectivity index (χ2n) is 5.71. The first-order chi connectivity index (χ1) is 10.7. The smallest absolute Gasteiger partial charge is 0.408 e. The average molecular weight is 344 g/mol. The van der Waals surface area contributed by atoms with E-state index >= 15 is 0 Å². The van der Waals surface area contributed by atoms with Gasteiger partial charge >= 0.3 is 13.7 Å². The van der Waals surface area contributed by atoms with Crippen LogP contribution in [0.4, 0.5) is 4.79 Å². The van der Waals surface area contributed by atoms with Crippen LogP contribution in [0.5, 0.6) is 0 Å². The lowest BCUT2D eigenvalue weighted by Crippen LogP contribution is -2.35. The molecule has 1 aromatic heterocycles. The number of ether oxygens (including phenoxy) is 1. The number of nitrogens with zero attached hydrogens (tertiary/aromatic N) is 1. The zero-order chi connectivity index (χ0) is 17.5. The van der Waals surface area contributed by atoms with Gasteiger partial charge in [-0.15, -0.1) is 0 Å². The number of hydrogen-bond donors (Lipinski definition) is 1. The monoisotopic (exact) mass is 344 g/mol. The van der Waals surface area contributed by atoms with E-state index in [2.05, 4.69) is 10.3 Å². The largest absolute Gasteiger partial charge is 0.444 e. The lowest BCUT2D eigenvalue weighted by molar-refractivity contribution is 0.0508. The summed E-state index contributed by atoms with van der Waals surface area (Å²) in [6.45, 7) is 9.02. The molecule has 1 atom stereocenters. The Morgan fingerprint density at radius 3 is 2.35 bits per heavy atom. The molecule has 1 amide bonds. The van der Waals surface area contributed by atoms with E-state index in [9.17, 15) is 9.36 Å². The van der Waals surface area contributed by atoms with Gasteiger partial charge in [-0.3, -0.25) is 9.55 Å². The van der Waals surface area contributed by atoms with Crippen molar-refractivity contribution in [1.82, 2.24) is 10.3 Å². The van der Waals surface area contributed by atoms with E-state index in [1.165, 1.54) is 6.20 Å². The lowest BCUT2D eigenvalue weighted by atomic mass is 10.2. The van der Waals surface area contributed by atoms with E-state index in [1.54, 1.807) is 52.9 Å². The highest BCUT2D eigenvalue weighted by Gasteiger charge is 2.39. The van der Waals surface area contributed by atoms with Crippen molar-refractivity contribution in [2.24, 2.45) is 0 Å². The van der Waals surface area contributed by atoms with Crippen LogP contribution in [0.3, 0.4) is 0 Å². The third-order valence-electron chi connectivity index (χ3n) is 2.59. The number of alkyl carbamates (subject to hydrolysis) is 1. The molecule has 0 aliphatic heterocycles. The number of pyridine rings is 1. The lowest BCUT2D eigenvalue weighted by Gasteiger charge is -2.28. The predicted octanol–water partition coefficient (Wildman–Crippen LogP) is 3.87. The van der Waals surface area contributed by atoms with Crippen molar-refractivity contribution in [1.29, 1.82) is 0 Å². The minimum Gasteiger partial charge on any atom is -0.444 e. The molecule has 0 saturated carbocycles. The summed E-state index contributed by atoms with van der Waals surface area (Å²) in [7, 11) is -3.62. The molecule has 0 aliphatic carbocycles. The van der Waals surface area contributed by atoms with Gasteiger partial charge in [-0.1, -0.05) is 6.07 Å². The van der Waals surface area contributed by atoms with Gasteiger partial charge in [0.05, 0.1) is 13.2 Å². The Hall–Kier alpha value is -1.43. The van der Waals surface area contributed by atoms with Crippen LogP contribution in [0.15, 0.2) is 24.5 Å². The summed E-state index contributed by atoms with van der Waals surface area (Å²) in [5.74, 6) is -0.994. The SMILES string of the molecule is CCOP(=O)(OCC)[C@H](NC(=O)OC(C)(C)C)c1cccnc1. The Morgan fingerprint density at radius 2 is 1.91 bits per heavy atom. The Morgan fingerprint density at radius 1 is 1.30 bits per heavy atom. The van der Waals surface area contributed by atoms with Gasteiger partial charge in [-0.25, -0.2) is 4.79 Å². The van der Waals surface area contributed by atoms with Gasteiger partial charge in [-0.05, 0) is 40.7 Å². The number of carbonyl (C=O) groups is 1. The molecule has 130 valence electrons. The van der Waals surface area contributed by atoms with Gasteiger partial charge in [-0.2, -0.15) is 0 Å². The first kappa shape index (κ1) is 19.6. The molecule has 0 fully saturated rings. The van der Waals surface area contributed by atoms with Gasteiger partial charge in [0.2, 0.25) is 0 Å². The summed E-state index contributed by atoms with van der Waals surface area (Å²) >= 11 is 0. The maximum absolute atomic E-state index is 13.1. The number of nitrogens with one attached hydrogen (secondary N) is 1. The summed E-state index contributed by atoms with van der Waals surface area (Å²) in [4.78, 5) is 16.1. The summed E-state index contributed by atoms with van der Waals surface area (Å²) in [5.41, 5.74) is -0.159. The summed E-state index contributed by atoms with van der Waals surface area (Å²) in [6, 6.07) is 3.38. The third kappa shape index (κ3) is 6.29. The minimum absolute atomic E-state index is 0.185. The van der Waals surface area contributed by atoms with Gasteiger partial charge in [0, 0.05) is 18.0 Å². The third-order valence-corrected chi connectivity index (χ3v) is 4.88. The molecule has 0 aromatic carbocycles. The van der Waals surface area contributed by atoms with Crippen LogP contribution in [0.1, 0.15) is 46.0 Å². The molecule has 0 unspecified atom stereocenters. The van der Waals surface area contributed by atoms with E-state index in [4.69, 9.17) is 13.8 Å². The topological polar surface area (TPSA) is 86.8 Å². The summed E-state index contributed by atoms with van der Waals surface area (Å²) < 4.78 is 29.0. The van der Waals surface area contributed by atoms with E-state index in [-0.39, 0.29) is 13.2 Å². The Bertz CT molecular complexity index is 535. The molecule has 0 radical (unpaired) electrons. The van der Waals surface area contributed by atoms with Crippen molar-refractivity contribution in [2.75, 3.05) is 13.2 Å². The molecule has 0 aliphatic rings. The first-order valence-corrected chi connectivity index (χ1v) is 9.11. The molecule has 0 bridgehead atoms. The highest BCUT2D eigenvalue weighted by atomic mass is 31.2. The molecule has 1 aromatic rings. The number of amides is 1. The zero-order valence-electron chi connectivity index (χ0n) is 14.2. The van der Waals surface area contributed by atoms with Crippen LogP contribution in [0.2, 0.25) is 0 Å². The van der Waals surface area contributed by atoms with Crippen LogP contribution < -0.4 is 5.32 Å². The van der Waals surface area contributed by atoms with E-state index in [0.717, 1.165) is 0 Å². The van der Waals surface area contributed by atoms with Crippen LogP contribution >= 0.6 is 7.60 Å². The molecule has 8 heteroatoms. The molecule has 1 rings (SSSR count).